The fourth-order valence-electron chi connectivity index (χ4n) is 2.56. The molecule has 1 unspecified atom stereocenters. The molecule has 0 saturated heterocycles. The van der Waals surface area contributed by atoms with E-state index in [2.05, 4.69) is 18.2 Å². The van der Waals surface area contributed by atoms with Gasteiger partial charge >= 0.3 is 0 Å². The summed E-state index contributed by atoms with van der Waals surface area (Å²) in [4.78, 5) is 0. The number of hydrogen-bond acceptors (Lipinski definition) is 3. The third-order valence-electron chi connectivity index (χ3n) is 3.52. The van der Waals surface area contributed by atoms with Crippen LogP contribution in [0.25, 0.3) is 11.1 Å². The van der Waals surface area contributed by atoms with Crippen LogP contribution < -0.4 is 9.47 Å². The Hall–Kier alpha value is -2.00. The molecule has 3 nitrogen and oxygen atoms in total. The predicted octanol–water partition coefficient (Wildman–Crippen LogP) is 3.66. The lowest BCUT2D eigenvalue weighted by Gasteiger charge is -2.08. The first-order chi connectivity index (χ1) is 9.81. The van der Waals surface area contributed by atoms with Gasteiger partial charge in [-0.3, -0.25) is 0 Å². The van der Waals surface area contributed by atoms with Gasteiger partial charge < -0.3 is 14.2 Å². The van der Waals surface area contributed by atoms with Crippen LogP contribution in [0, 0.1) is 0 Å². The van der Waals surface area contributed by atoms with E-state index in [-0.39, 0.29) is 6.29 Å². The Kier molecular flexibility index (Phi) is 3.61. The molecular weight excluding hydrogens is 252 g/mol. The summed E-state index contributed by atoms with van der Waals surface area (Å²) in [7, 11) is 1.68. The van der Waals surface area contributed by atoms with E-state index in [1.54, 1.807) is 7.11 Å². The first kappa shape index (κ1) is 13.0. The molecule has 0 amide bonds. The third kappa shape index (κ3) is 2.37. The standard InChI is InChI=1S/C17H18O3/c1-3-19-17-11-15-14(5-4-6-16(15)20-17)12-7-9-13(18-2)10-8-12/h4-10,17H,3,11H2,1-2H3. The largest absolute Gasteiger partial charge is 0.497 e. The number of hydrogen-bond donors (Lipinski definition) is 0. The summed E-state index contributed by atoms with van der Waals surface area (Å²) < 4.78 is 16.6. The van der Waals surface area contributed by atoms with Crippen molar-refractivity contribution >= 4 is 0 Å². The zero-order valence-corrected chi connectivity index (χ0v) is 11.8. The molecular formula is C17H18O3. The van der Waals surface area contributed by atoms with Crippen molar-refractivity contribution in [1.82, 2.24) is 0 Å². The molecule has 0 saturated carbocycles. The second-order valence-corrected chi connectivity index (χ2v) is 4.72. The van der Waals surface area contributed by atoms with Gasteiger partial charge in [-0.05, 0) is 36.2 Å². The quantitative estimate of drug-likeness (QED) is 0.848. The van der Waals surface area contributed by atoms with Gasteiger partial charge in [-0.2, -0.15) is 0 Å². The summed E-state index contributed by atoms with van der Waals surface area (Å²) in [5.41, 5.74) is 3.59. The Bertz CT molecular complexity index is 590. The highest BCUT2D eigenvalue weighted by Crippen LogP contribution is 2.37. The van der Waals surface area contributed by atoms with E-state index in [4.69, 9.17) is 14.2 Å². The third-order valence-corrected chi connectivity index (χ3v) is 3.52. The van der Waals surface area contributed by atoms with Crippen LogP contribution in [0.1, 0.15) is 12.5 Å². The van der Waals surface area contributed by atoms with Crippen LogP contribution in [-0.2, 0) is 11.2 Å². The highest BCUT2D eigenvalue weighted by atomic mass is 16.7. The molecule has 0 spiro atoms. The van der Waals surface area contributed by atoms with Crippen LogP contribution in [0.2, 0.25) is 0 Å². The molecule has 0 bridgehead atoms. The van der Waals surface area contributed by atoms with Crippen LogP contribution in [0.15, 0.2) is 42.5 Å². The van der Waals surface area contributed by atoms with Crippen molar-refractivity contribution in [3.63, 3.8) is 0 Å². The lowest BCUT2D eigenvalue weighted by Crippen LogP contribution is -2.17. The second kappa shape index (κ2) is 5.55. The second-order valence-electron chi connectivity index (χ2n) is 4.72. The lowest BCUT2D eigenvalue weighted by molar-refractivity contribution is -0.0602. The molecule has 0 aromatic heterocycles. The highest BCUT2D eigenvalue weighted by Gasteiger charge is 2.25. The van der Waals surface area contributed by atoms with Crippen molar-refractivity contribution in [1.29, 1.82) is 0 Å². The molecule has 3 heteroatoms. The van der Waals surface area contributed by atoms with Crippen LogP contribution in [0.3, 0.4) is 0 Å². The van der Waals surface area contributed by atoms with E-state index in [1.807, 2.05) is 31.2 Å². The van der Waals surface area contributed by atoms with E-state index in [0.29, 0.717) is 6.61 Å². The number of methoxy groups -OCH3 is 1. The molecule has 1 aliphatic heterocycles. The molecule has 0 N–H and O–H groups in total. The molecule has 2 aromatic carbocycles. The van der Waals surface area contributed by atoms with Crippen LogP contribution in [0.5, 0.6) is 11.5 Å². The Labute approximate surface area is 119 Å². The molecule has 1 heterocycles. The highest BCUT2D eigenvalue weighted by molar-refractivity contribution is 5.71. The Morgan fingerprint density at radius 3 is 2.65 bits per heavy atom. The van der Waals surface area contributed by atoms with Crippen molar-refractivity contribution in [3.8, 4) is 22.6 Å². The SMILES string of the molecule is CCOC1Cc2c(cccc2-c2ccc(OC)cc2)O1. The van der Waals surface area contributed by atoms with Crippen LogP contribution in [-0.4, -0.2) is 20.0 Å². The topological polar surface area (TPSA) is 27.7 Å². The molecule has 104 valence electrons. The van der Waals surface area contributed by atoms with Crippen LogP contribution >= 0.6 is 0 Å². The fraction of sp³-hybridized carbons (Fsp3) is 0.294. The molecule has 0 radical (unpaired) electrons. The molecule has 0 aliphatic carbocycles. The van der Waals surface area contributed by atoms with Crippen LogP contribution in [0.4, 0.5) is 0 Å². The van der Waals surface area contributed by atoms with Gasteiger partial charge in [0, 0.05) is 18.6 Å². The average Bonchev–Trinajstić information content (AvgIpc) is 2.90. The summed E-state index contributed by atoms with van der Waals surface area (Å²) in [6.07, 6.45) is 0.639. The number of benzene rings is 2. The monoisotopic (exact) mass is 270 g/mol. The zero-order valence-electron chi connectivity index (χ0n) is 11.8. The molecule has 1 aliphatic rings. The molecule has 0 fully saturated rings. The number of ether oxygens (including phenoxy) is 3. The average molecular weight is 270 g/mol. The number of fused-ring (bicyclic) bond motifs is 1. The maximum atomic E-state index is 5.81. The van der Waals surface area contributed by atoms with E-state index < -0.39 is 0 Å². The summed E-state index contributed by atoms with van der Waals surface area (Å²) >= 11 is 0. The fourth-order valence-corrected chi connectivity index (χ4v) is 2.56. The molecule has 20 heavy (non-hydrogen) atoms. The van der Waals surface area contributed by atoms with Crippen molar-refractivity contribution in [2.45, 2.75) is 19.6 Å². The lowest BCUT2D eigenvalue weighted by atomic mass is 9.98. The summed E-state index contributed by atoms with van der Waals surface area (Å²) in [6.45, 7) is 2.65. The van der Waals surface area contributed by atoms with Gasteiger partial charge in [-0.1, -0.05) is 24.3 Å². The summed E-state index contributed by atoms with van der Waals surface area (Å²) in [5.74, 6) is 1.79. The van der Waals surface area contributed by atoms with Gasteiger partial charge in [0.2, 0.25) is 6.29 Å². The maximum absolute atomic E-state index is 5.81. The zero-order chi connectivity index (χ0) is 13.9. The maximum Gasteiger partial charge on any atom is 0.204 e. The first-order valence-corrected chi connectivity index (χ1v) is 6.86. The van der Waals surface area contributed by atoms with Gasteiger partial charge in [-0.15, -0.1) is 0 Å². The Morgan fingerprint density at radius 2 is 1.95 bits per heavy atom. The molecule has 2 aromatic rings. The smallest absolute Gasteiger partial charge is 0.204 e. The molecule has 3 rings (SSSR count). The normalized spacial score (nSPS) is 16.6. The summed E-state index contributed by atoms with van der Waals surface area (Å²) in [6, 6.07) is 14.2. The Morgan fingerprint density at radius 1 is 1.15 bits per heavy atom. The van der Waals surface area contributed by atoms with Gasteiger partial charge in [-0.25, -0.2) is 0 Å². The minimum Gasteiger partial charge on any atom is -0.497 e. The molecule has 1 atom stereocenters. The van der Waals surface area contributed by atoms with E-state index >= 15 is 0 Å². The minimum atomic E-state index is -0.158. The Balaban J connectivity index is 1.94. The first-order valence-electron chi connectivity index (χ1n) is 6.86. The van der Waals surface area contributed by atoms with Crippen molar-refractivity contribution in [2.75, 3.05) is 13.7 Å². The van der Waals surface area contributed by atoms with Gasteiger partial charge in [0.05, 0.1) is 7.11 Å². The summed E-state index contributed by atoms with van der Waals surface area (Å²) in [5, 5.41) is 0. The van der Waals surface area contributed by atoms with E-state index in [9.17, 15) is 0 Å². The van der Waals surface area contributed by atoms with Gasteiger partial charge in [0.1, 0.15) is 11.5 Å². The number of rotatable bonds is 4. The van der Waals surface area contributed by atoms with E-state index in [1.165, 1.54) is 16.7 Å². The van der Waals surface area contributed by atoms with Gasteiger partial charge in [0.25, 0.3) is 0 Å². The van der Waals surface area contributed by atoms with Crippen molar-refractivity contribution in [3.05, 3.63) is 48.0 Å². The van der Waals surface area contributed by atoms with Gasteiger partial charge in [0.15, 0.2) is 0 Å². The van der Waals surface area contributed by atoms with Crippen molar-refractivity contribution < 1.29 is 14.2 Å². The minimum absolute atomic E-state index is 0.158. The van der Waals surface area contributed by atoms with Crippen molar-refractivity contribution in [2.24, 2.45) is 0 Å². The predicted molar refractivity (Wildman–Crippen MR) is 78.2 cm³/mol. The van der Waals surface area contributed by atoms with E-state index in [0.717, 1.165) is 17.9 Å².